The van der Waals surface area contributed by atoms with Crippen molar-refractivity contribution in [2.24, 2.45) is 5.41 Å². The smallest absolute Gasteiger partial charge is 0.326 e. The van der Waals surface area contributed by atoms with Crippen LogP contribution in [0.5, 0.6) is 11.5 Å². The first kappa shape index (κ1) is 14.2. The van der Waals surface area contributed by atoms with E-state index in [0.29, 0.717) is 17.1 Å². The Balaban J connectivity index is 2.17. The maximum atomic E-state index is 12.1. The minimum Gasteiger partial charge on any atom is -0.480 e. The van der Waals surface area contributed by atoms with E-state index in [0.717, 1.165) is 0 Å². The summed E-state index contributed by atoms with van der Waals surface area (Å²) in [7, 11) is 0. The lowest BCUT2D eigenvalue weighted by Crippen LogP contribution is -2.49. The first-order valence-electron chi connectivity index (χ1n) is 6.22. The third-order valence-electron chi connectivity index (χ3n) is 3.02. The average molecular weight is 279 g/mol. The summed E-state index contributed by atoms with van der Waals surface area (Å²) in [5.74, 6) is -0.454. The van der Waals surface area contributed by atoms with Crippen molar-refractivity contribution in [2.45, 2.75) is 26.8 Å². The van der Waals surface area contributed by atoms with E-state index < -0.39 is 23.3 Å². The molecule has 1 aromatic carbocycles. The van der Waals surface area contributed by atoms with Crippen molar-refractivity contribution in [2.75, 3.05) is 6.79 Å². The van der Waals surface area contributed by atoms with Crippen LogP contribution in [0, 0.1) is 5.41 Å². The molecule has 0 bridgehead atoms. The van der Waals surface area contributed by atoms with Crippen LogP contribution in [0.1, 0.15) is 31.1 Å². The van der Waals surface area contributed by atoms with E-state index in [4.69, 9.17) is 9.47 Å². The van der Waals surface area contributed by atoms with Gasteiger partial charge in [0.1, 0.15) is 6.04 Å². The highest BCUT2D eigenvalue weighted by Gasteiger charge is 2.33. The zero-order chi connectivity index (χ0) is 14.9. The van der Waals surface area contributed by atoms with Crippen molar-refractivity contribution in [1.82, 2.24) is 5.32 Å². The molecule has 0 saturated heterocycles. The number of hydrogen-bond donors (Lipinski definition) is 2. The molecule has 0 saturated carbocycles. The van der Waals surface area contributed by atoms with Gasteiger partial charge in [-0.05, 0) is 23.6 Å². The Kier molecular flexibility index (Phi) is 3.57. The van der Waals surface area contributed by atoms with Gasteiger partial charge >= 0.3 is 5.97 Å². The Bertz CT molecular complexity index is 547. The third kappa shape index (κ3) is 2.84. The standard InChI is InChI=1S/C14H17NO5/c1-14(2,3)11(13(17)18)15-12(16)8-4-5-9-10(6-8)20-7-19-9/h4-6,11H,7H2,1-3H3,(H,15,16)(H,17,18). The number of fused-ring (bicyclic) bond motifs is 1. The molecule has 1 aromatic rings. The number of benzene rings is 1. The lowest BCUT2D eigenvalue weighted by molar-refractivity contribution is -0.142. The largest absolute Gasteiger partial charge is 0.480 e. The molecule has 1 heterocycles. The summed E-state index contributed by atoms with van der Waals surface area (Å²) in [6.45, 7) is 5.39. The summed E-state index contributed by atoms with van der Waals surface area (Å²) >= 11 is 0. The van der Waals surface area contributed by atoms with Crippen molar-refractivity contribution in [3.63, 3.8) is 0 Å². The van der Waals surface area contributed by atoms with E-state index in [1.165, 1.54) is 0 Å². The van der Waals surface area contributed by atoms with Gasteiger partial charge in [-0.15, -0.1) is 0 Å². The number of hydrogen-bond acceptors (Lipinski definition) is 4. The Morgan fingerprint density at radius 1 is 1.25 bits per heavy atom. The second-order valence-corrected chi connectivity index (χ2v) is 5.68. The van der Waals surface area contributed by atoms with Crippen LogP contribution in [-0.4, -0.2) is 29.8 Å². The predicted octanol–water partition coefficient (Wildman–Crippen LogP) is 1.64. The quantitative estimate of drug-likeness (QED) is 0.878. The molecule has 1 aliphatic heterocycles. The number of ether oxygens (including phenoxy) is 2. The monoisotopic (exact) mass is 279 g/mol. The maximum absolute atomic E-state index is 12.1. The van der Waals surface area contributed by atoms with E-state index in [2.05, 4.69) is 5.32 Å². The summed E-state index contributed by atoms with van der Waals surface area (Å²) in [5.41, 5.74) is -0.248. The topological polar surface area (TPSA) is 84.9 Å². The fraction of sp³-hybridized carbons (Fsp3) is 0.429. The number of carboxylic acid groups (broad SMARTS) is 1. The fourth-order valence-electron chi connectivity index (χ4n) is 1.90. The van der Waals surface area contributed by atoms with Crippen LogP contribution in [0.15, 0.2) is 18.2 Å². The van der Waals surface area contributed by atoms with Crippen molar-refractivity contribution in [3.05, 3.63) is 23.8 Å². The van der Waals surface area contributed by atoms with Crippen LogP contribution < -0.4 is 14.8 Å². The van der Waals surface area contributed by atoms with Gasteiger partial charge in [0.2, 0.25) is 6.79 Å². The molecular weight excluding hydrogens is 262 g/mol. The summed E-state index contributed by atoms with van der Waals surface area (Å²) in [5, 5.41) is 11.7. The molecule has 1 amide bonds. The van der Waals surface area contributed by atoms with Gasteiger partial charge in [0, 0.05) is 5.56 Å². The van der Waals surface area contributed by atoms with Crippen molar-refractivity contribution < 1.29 is 24.2 Å². The Morgan fingerprint density at radius 2 is 1.90 bits per heavy atom. The fourth-order valence-corrected chi connectivity index (χ4v) is 1.90. The van der Waals surface area contributed by atoms with E-state index in [1.807, 2.05) is 0 Å². The van der Waals surface area contributed by atoms with Gasteiger partial charge in [-0.25, -0.2) is 4.79 Å². The second-order valence-electron chi connectivity index (χ2n) is 5.68. The van der Waals surface area contributed by atoms with E-state index in [9.17, 15) is 14.7 Å². The first-order valence-corrected chi connectivity index (χ1v) is 6.22. The van der Waals surface area contributed by atoms with Crippen molar-refractivity contribution in [1.29, 1.82) is 0 Å². The minimum atomic E-state index is -1.06. The summed E-state index contributed by atoms with van der Waals surface area (Å²) in [4.78, 5) is 23.4. The Labute approximate surface area is 116 Å². The summed E-state index contributed by atoms with van der Waals surface area (Å²) in [6, 6.07) is 3.77. The number of carboxylic acids is 1. The van der Waals surface area contributed by atoms with Crippen LogP contribution in [0.25, 0.3) is 0 Å². The van der Waals surface area contributed by atoms with Crippen molar-refractivity contribution in [3.8, 4) is 11.5 Å². The number of amides is 1. The SMILES string of the molecule is CC(C)(C)C(NC(=O)c1ccc2c(c1)OCO2)C(=O)O. The number of carbonyl (C=O) groups excluding carboxylic acids is 1. The predicted molar refractivity (Wildman–Crippen MR) is 70.9 cm³/mol. The first-order chi connectivity index (χ1) is 9.29. The molecule has 0 fully saturated rings. The van der Waals surface area contributed by atoms with E-state index >= 15 is 0 Å². The van der Waals surface area contributed by atoms with Crippen molar-refractivity contribution >= 4 is 11.9 Å². The van der Waals surface area contributed by atoms with Crippen LogP contribution >= 0.6 is 0 Å². The minimum absolute atomic E-state index is 0.125. The zero-order valence-electron chi connectivity index (χ0n) is 11.6. The summed E-state index contributed by atoms with van der Waals surface area (Å²) < 4.78 is 10.3. The molecular formula is C14H17NO5. The van der Waals surface area contributed by atoms with Gasteiger partial charge in [-0.3, -0.25) is 4.79 Å². The van der Waals surface area contributed by atoms with Crippen LogP contribution in [0.2, 0.25) is 0 Å². The number of carbonyl (C=O) groups is 2. The molecule has 6 nitrogen and oxygen atoms in total. The van der Waals surface area contributed by atoms with Gasteiger partial charge in [0.05, 0.1) is 0 Å². The maximum Gasteiger partial charge on any atom is 0.326 e. The van der Waals surface area contributed by atoms with Gasteiger partial charge in [-0.1, -0.05) is 20.8 Å². The number of rotatable bonds is 3. The molecule has 0 radical (unpaired) electrons. The molecule has 2 rings (SSSR count). The van der Waals surface area contributed by atoms with Gasteiger partial charge in [-0.2, -0.15) is 0 Å². The van der Waals surface area contributed by atoms with Gasteiger partial charge < -0.3 is 19.9 Å². The van der Waals surface area contributed by atoms with E-state index in [1.54, 1.807) is 39.0 Å². The molecule has 2 N–H and O–H groups in total. The zero-order valence-corrected chi connectivity index (χ0v) is 11.6. The van der Waals surface area contributed by atoms with Gasteiger partial charge in [0.15, 0.2) is 11.5 Å². The molecule has 108 valence electrons. The number of nitrogens with one attached hydrogen (secondary N) is 1. The highest BCUT2D eigenvalue weighted by molar-refractivity contribution is 5.97. The summed E-state index contributed by atoms with van der Waals surface area (Å²) in [6.07, 6.45) is 0. The van der Waals surface area contributed by atoms with Crippen LogP contribution in [-0.2, 0) is 4.79 Å². The van der Waals surface area contributed by atoms with Gasteiger partial charge in [0.25, 0.3) is 5.91 Å². The number of aliphatic carboxylic acids is 1. The third-order valence-corrected chi connectivity index (χ3v) is 3.02. The Morgan fingerprint density at radius 3 is 2.50 bits per heavy atom. The molecule has 0 aromatic heterocycles. The highest BCUT2D eigenvalue weighted by atomic mass is 16.7. The normalized spacial score (nSPS) is 14.8. The molecule has 1 unspecified atom stereocenters. The van der Waals surface area contributed by atoms with E-state index in [-0.39, 0.29) is 6.79 Å². The molecule has 0 spiro atoms. The molecule has 1 aliphatic rings. The van der Waals surface area contributed by atoms with Crippen LogP contribution in [0.3, 0.4) is 0 Å². The Hall–Kier alpha value is -2.24. The lowest BCUT2D eigenvalue weighted by Gasteiger charge is -2.27. The highest BCUT2D eigenvalue weighted by Crippen LogP contribution is 2.32. The molecule has 1 atom stereocenters. The average Bonchev–Trinajstić information content (AvgIpc) is 2.80. The molecule has 20 heavy (non-hydrogen) atoms. The lowest BCUT2D eigenvalue weighted by atomic mass is 9.86. The molecule has 6 heteroatoms. The van der Waals surface area contributed by atoms with Crippen LogP contribution in [0.4, 0.5) is 0 Å². The molecule has 0 aliphatic carbocycles. The second kappa shape index (κ2) is 5.03.